The molecule has 120 valence electrons. The van der Waals surface area contributed by atoms with Crippen LogP contribution in [-0.4, -0.2) is 36.0 Å². The molecule has 4 rings (SSSR count). The molecule has 0 unspecified atom stereocenters. The summed E-state index contributed by atoms with van der Waals surface area (Å²) in [6.07, 6.45) is 0. The first-order valence-corrected chi connectivity index (χ1v) is 8.00. The van der Waals surface area contributed by atoms with E-state index in [0.29, 0.717) is 17.9 Å². The van der Waals surface area contributed by atoms with Crippen molar-refractivity contribution in [2.24, 2.45) is 0 Å². The van der Waals surface area contributed by atoms with Crippen molar-refractivity contribution in [1.29, 1.82) is 0 Å². The van der Waals surface area contributed by atoms with Gasteiger partial charge in [0.2, 0.25) is 0 Å². The number of aryl methyl sites for hydroxylation is 1. The molecule has 1 amide bonds. The van der Waals surface area contributed by atoms with Crippen molar-refractivity contribution in [3.8, 4) is 0 Å². The maximum atomic E-state index is 13.1. The summed E-state index contributed by atoms with van der Waals surface area (Å²) in [5.41, 5.74) is 3.32. The highest BCUT2D eigenvalue weighted by molar-refractivity contribution is 6.08. The molecule has 3 aromatic rings. The Kier molecular flexibility index (Phi) is 3.41. The molecule has 2 heterocycles. The number of fused-ring (bicyclic) bond motifs is 2. The Bertz CT molecular complexity index is 938. The van der Waals surface area contributed by atoms with Crippen LogP contribution in [0.2, 0.25) is 0 Å². The second kappa shape index (κ2) is 5.60. The number of nitrogens with zero attached hydrogens (tertiary/aromatic N) is 4. The van der Waals surface area contributed by atoms with Crippen LogP contribution in [0.3, 0.4) is 0 Å². The Hall–Kier alpha value is -2.95. The van der Waals surface area contributed by atoms with Crippen LogP contribution in [0.4, 0.5) is 11.6 Å². The third-order valence-corrected chi connectivity index (χ3v) is 4.43. The fourth-order valence-electron chi connectivity index (χ4n) is 3.04. The first-order chi connectivity index (χ1) is 11.6. The van der Waals surface area contributed by atoms with Crippen molar-refractivity contribution in [2.45, 2.75) is 6.92 Å². The minimum atomic E-state index is -0.0213. The number of aromatic nitrogens is 2. The van der Waals surface area contributed by atoms with E-state index in [4.69, 9.17) is 9.97 Å². The van der Waals surface area contributed by atoms with Gasteiger partial charge in [-0.3, -0.25) is 9.69 Å². The van der Waals surface area contributed by atoms with Gasteiger partial charge in [0.1, 0.15) is 0 Å². The first-order valence-electron chi connectivity index (χ1n) is 8.00. The Labute approximate surface area is 140 Å². The van der Waals surface area contributed by atoms with Crippen LogP contribution in [0, 0.1) is 6.92 Å². The molecule has 1 aliphatic rings. The van der Waals surface area contributed by atoms with Gasteiger partial charge >= 0.3 is 0 Å². The molecule has 5 heteroatoms. The van der Waals surface area contributed by atoms with Gasteiger partial charge in [0.25, 0.3) is 5.91 Å². The van der Waals surface area contributed by atoms with Crippen molar-refractivity contribution < 1.29 is 4.79 Å². The molecule has 2 aromatic carbocycles. The molecular formula is C19H18N4O. The quantitative estimate of drug-likeness (QED) is 0.692. The van der Waals surface area contributed by atoms with Crippen LogP contribution in [0.5, 0.6) is 0 Å². The second-order valence-corrected chi connectivity index (χ2v) is 6.05. The number of hydrogen-bond donors (Lipinski definition) is 0. The summed E-state index contributed by atoms with van der Waals surface area (Å²) in [5, 5.41) is 0. The van der Waals surface area contributed by atoms with Gasteiger partial charge in [-0.25, -0.2) is 9.97 Å². The highest BCUT2D eigenvalue weighted by Crippen LogP contribution is 2.31. The Morgan fingerprint density at radius 1 is 0.917 bits per heavy atom. The van der Waals surface area contributed by atoms with Gasteiger partial charge in [-0.15, -0.1) is 0 Å². The monoisotopic (exact) mass is 318 g/mol. The van der Waals surface area contributed by atoms with E-state index in [-0.39, 0.29) is 5.91 Å². The van der Waals surface area contributed by atoms with Crippen molar-refractivity contribution in [3.05, 3.63) is 59.7 Å². The maximum absolute atomic E-state index is 13.1. The number of amides is 1. The van der Waals surface area contributed by atoms with E-state index >= 15 is 0 Å². The van der Waals surface area contributed by atoms with Crippen LogP contribution in [0.15, 0.2) is 48.5 Å². The lowest BCUT2D eigenvalue weighted by atomic mass is 10.1. The van der Waals surface area contributed by atoms with Crippen molar-refractivity contribution in [2.75, 3.05) is 29.9 Å². The topological polar surface area (TPSA) is 49.3 Å². The fraction of sp³-hybridized carbons (Fsp3) is 0.211. The predicted octanol–water partition coefficient (Wildman–Crippen LogP) is 3.03. The van der Waals surface area contributed by atoms with Crippen molar-refractivity contribution in [1.82, 2.24) is 9.97 Å². The molecule has 0 N–H and O–H groups in total. The van der Waals surface area contributed by atoms with Crippen LogP contribution >= 0.6 is 0 Å². The molecule has 0 saturated carbocycles. The summed E-state index contributed by atoms with van der Waals surface area (Å²) < 4.78 is 0. The predicted molar refractivity (Wildman–Crippen MR) is 95.7 cm³/mol. The minimum Gasteiger partial charge on any atom is -0.355 e. The Morgan fingerprint density at radius 2 is 1.54 bits per heavy atom. The van der Waals surface area contributed by atoms with Crippen LogP contribution in [0.1, 0.15) is 15.9 Å². The van der Waals surface area contributed by atoms with Gasteiger partial charge in [-0.2, -0.15) is 0 Å². The lowest BCUT2D eigenvalue weighted by molar-refractivity contribution is 0.0985. The minimum absolute atomic E-state index is 0.0213. The molecule has 1 aromatic heterocycles. The number of para-hydroxylation sites is 2. The Morgan fingerprint density at radius 3 is 2.25 bits per heavy atom. The lowest BCUT2D eigenvalue weighted by Gasteiger charge is -2.34. The molecule has 0 spiro atoms. The van der Waals surface area contributed by atoms with Crippen molar-refractivity contribution >= 4 is 28.6 Å². The summed E-state index contributed by atoms with van der Waals surface area (Å²) >= 11 is 0. The largest absolute Gasteiger partial charge is 0.355 e. The highest BCUT2D eigenvalue weighted by atomic mass is 16.2. The zero-order chi connectivity index (χ0) is 16.7. The van der Waals surface area contributed by atoms with E-state index in [1.807, 2.05) is 62.5 Å². The molecule has 0 atom stereocenters. The SMILES string of the molecule is Cc1ccccc1C(=O)N1CCN(C)c2nc3ccccc3nc21. The number of likely N-dealkylation sites (N-methyl/N-ethyl adjacent to an activating group) is 1. The maximum Gasteiger partial charge on any atom is 0.259 e. The van der Waals surface area contributed by atoms with Gasteiger partial charge in [0.15, 0.2) is 11.6 Å². The summed E-state index contributed by atoms with van der Waals surface area (Å²) in [6, 6.07) is 15.4. The van der Waals surface area contributed by atoms with Gasteiger partial charge in [-0.05, 0) is 30.7 Å². The van der Waals surface area contributed by atoms with Crippen LogP contribution in [-0.2, 0) is 0 Å². The van der Waals surface area contributed by atoms with Gasteiger partial charge in [-0.1, -0.05) is 30.3 Å². The van der Waals surface area contributed by atoms with E-state index in [9.17, 15) is 4.79 Å². The molecule has 1 aliphatic heterocycles. The average molecular weight is 318 g/mol. The van der Waals surface area contributed by atoms with E-state index in [0.717, 1.165) is 29.0 Å². The zero-order valence-corrected chi connectivity index (χ0v) is 13.7. The normalized spacial score (nSPS) is 13.9. The van der Waals surface area contributed by atoms with Gasteiger partial charge in [0.05, 0.1) is 11.0 Å². The third-order valence-electron chi connectivity index (χ3n) is 4.43. The first kappa shape index (κ1) is 14.6. The van der Waals surface area contributed by atoms with Gasteiger partial charge in [0, 0.05) is 25.7 Å². The van der Waals surface area contributed by atoms with Crippen molar-refractivity contribution in [3.63, 3.8) is 0 Å². The average Bonchev–Trinajstić information content (AvgIpc) is 2.61. The molecule has 0 bridgehead atoms. The van der Waals surface area contributed by atoms with E-state index in [1.54, 1.807) is 4.90 Å². The molecule has 0 saturated heterocycles. The van der Waals surface area contributed by atoms with E-state index in [1.165, 1.54) is 0 Å². The van der Waals surface area contributed by atoms with E-state index in [2.05, 4.69) is 4.90 Å². The zero-order valence-electron chi connectivity index (χ0n) is 13.7. The third kappa shape index (κ3) is 2.29. The number of carbonyl (C=O) groups is 1. The second-order valence-electron chi connectivity index (χ2n) is 6.05. The summed E-state index contributed by atoms with van der Waals surface area (Å²) in [5.74, 6) is 1.37. The standard InChI is InChI=1S/C19H18N4O/c1-13-7-3-4-8-14(13)19(24)23-12-11-22(2)17-18(23)21-16-10-6-5-9-15(16)20-17/h3-10H,11-12H2,1-2H3. The fourth-order valence-corrected chi connectivity index (χ4v) is 3.04. The Balaban J connectivity index is 1.85. The molecular weight excluding hydrogens is 300 g/mol. The number of anilines is 2. The summed E-state index contributed by atoms with van der Waals surface area (Å²) in [4.78, 5) is 26.3. The van der Waals surface area contributed by atoms with Gasteiger partial charge < -0.3 is 4.90 Å². The van der Waals surface area contributed by atoms with Crippen LogP contribution < -0.4 is 9.80 Å². The molecule has 24 heavy (non-hydrogen) atoms. The summed E-state index contributed by atoms with van der Waals surface area (Å²) in [7, 11) is 1.98. The molecule has 0 aliphatic carbocycles. The van der Waals surface area contributed by atoms with Crippen LogP contribution in [0.25, 0.3) is 11.0 Å². The van der Waals surface area contributed by atoms with E-state index < -0.39 is 0 Å². The number of benzene rings is 2. The summed E-state index contributed by atoms with van der Waals surface area (Å²) in [6.45, 7) is 3.29. The smallest absolute Gasteiger partial charge is 0.259 e. The molecule has 5 nitrogen and oxygen atoms in total. The number of carbonyl (C=O) groups excluding carboxylic acids is 1. The molecule has 0 radical (unpaired) electrons. The number of hydrogen-bond acceptors (Lipinski definition) is 4. The lowest BCUT2D eigenvalue weighted by Crippen LogP contribution is -2.44. The highest BCUT2D eigenvalue weighted by Gasteiger charge is 2.29. The molecule has 0 fully saturated rings. The number of rotatable bonds is 1.